The molecule has 0 aliphatic heterocycles. The first-order valence-corrected chi connectivity index (χ1v) is 5.89. The molecule has 0 radical (unpaired) electrons. The number of rotatable bonds is 3. The van der Waals surface area contributed by atoms with Gasteiger partial charge in [-0.05, 0) is 30.3 Å². The highest BCUT2D eigenvalue weighted by Gasteiger charge is 2.08. The van der Waals surface area contributed by atoms with Crippen LogP contribution >= 0.6 is 11.6 Å². The second-order valence-corrected chi connectivity index (χ2v) is 4.34. The standard InChI is InChI=1S/C14H10ClFN2O/c15-10-4-5-14(19)9(6-10)8-18-13-3-1-2-12(16)11(13)7-17/h1-6,18-19H,8H2. The van der Waals surface area contributed by atoms with E-state index in [0.29, 0.717) is 16.3 Å². The highest BCUT2D eigenvalue weighted by Crippen LogP contribution is 2.24. The van der Waals surface area contributed by atoms with Gasteiger partial charge in [-0.3, -0.25) is 0 Å². The molecule has 0 atom stereocenters. The molecule has 5 heteroatoms. The summed E-state index contributed by atoms with van der Waals surface area (Å²) in [6, 6.07) is 10.8. The van der Waals surface area contributed by atoms with Crippen LogP contribution in [0.3, 0.4) is 0 Å². The van der Waals surface area contributed by atoms with Gasteiger partial charge in [-0.1, -0.05) is 17.7 Å². The van der Waals surface area contributed by atoms with E-state index in [-0.39, 0.29) is 17.9 Å². The second kappa shape index (κ2) is 5.59. The van der Waals surface area contributed by atoms with Crippen LogP contribution in [-0.4, -0.2) is 5.11 Å². The molecule has 0 saturated carbocycles. The van der Waals surface area contributed by atoms with E-state index in [2.05, 4.69) is 5.32 Å². The van der Waals surface area contributed by atoms with Gasteiger partial charge in [-0.2, -0.15) is 5.26 Å². The fourth-order valence-electron chi connectivity index (χ4n) is 1.67. The molecule has 0 aliphatic rings. The minimum Gasteiger partial charge on any atom is -0.508 e. The maximum Gasteiger partial charge on any atom is 0.143 e. The van der Waals surface area contributed by atoms with Gasteiger partial charge in [0.05, 0.1) is 5.69 Å². The lowest BCUT2D eigenvalue weighted by Crippen LogP contribution is -2.02. The summed E-state index contributed by atoms with van der Waals surface area (Å²) < 4.78 is 13.4. The van der Waals surface area contributed by atoms with Crippen LogP contribution in [0.2, 0.25) is 5.02 Å². The van der Waals surface area contributed by atoms with E-state index >= 15 is 0 Å². The van der Waals surface area contributed by atoms with Crippen molar-refractivity contribution in [1.29, 1.82) is 5.26 Å². The van der Waals surface area contributed by atoms with Gasteiger partial charge < -0.3 is 10.4 Å². The third-order valence-electron chi connectivity index (χ3n) is 2.64. The molecule has 0 heterocycles. The quantitative estimate of drug-likeness (QED) is 0.899. The summed E-state index contributed by atoms with van der Waals surface area (Å²) in [6.07, 6.45) is 0. The highest BCUT2D eigenvalue weighted by molar-refractivity contribution is 6.30. The summed E-state index contributed by atoms with van der Waals surface area (Å²) in [4.78, 5) is 0. The molecule has 2 N–H and O–H groups in total. The van der Waals surface area contributed by atoms with Crippen LogP contribution in [0.25, 0.3) is 0 Å². The molecule has 0 aliphatic carbocycles. The summed E-state index contributed by atoms with van der Waals surface area (Å²) in [5.74, 6) is -0.491. The number of phenolic OH excluding ortho intramolecular Hbond substituents is 1. The summed E-state index contributed by atoms with van der Waals surface area (Å²) in [5.41, 5.74) is 0.895. The van der Waals surface area contributed by atoms with Crippen molar-refractivity contribution in [2.45, 2.75) is 6.54 Å². The minimum absolute atomic E-state index is 0.0518. The Morgan fingerprint density at radius 2 is 2.11 bits per heavy atom. The Bertz CT molecular complexity index is 652. The summed E-state index contributed by atoms with van der Waals surface area (Å²) in [6.45, 7) is 0.241. The monoisotopic (exact) mass is 276 g/mol. The third-order valence-corrected chi connectivity index (χ3v) is 2.87. The van der Waals surface area contributed by atoms with Crippen LogP contribution in [0, 0.1) is 17.1 Å². The number of halogens is 2. The number of nitriles is 1. The Morgan fingerprint density at radius 1 is 1.32 bits per heavy atom. The number of hydrogen-bond donors (Lipinski definition) is 2. The molecule has 0 aromatic heterocycles. The molecular formula is C14H10ClFN2O. The predicted octanol–water partition coefficient (Wildman–Crippen LogP) is 3.67. The van der Waals surface area contributed by atoms with E-state index in [4.69, 9.17) is 16.9 Å². The number of phenols is 1. The molecule has 96 valence electrons. The Balaban J connectivity index is 2.22. The number of aromatic hydroxyl groups is 1. The Hall–Kier alpha value is -2.25. The van der Waals surface area contributed by atoms with Crippen molar-refractivity contribution in [1.82, 2.24) is 0 Å². The largest absolute Gasteiger partial charge is 0.508 e. The highest BCUT2D eigenvalue weighted by atomic mass is 35.5. The van der Waals surface area contributed by atoms with Crippen molar-refractivity contribution in [3.8, 4) is 11.8 Å². The molecule has 0 fully saturated rings. The molecule has 2 aromatic rings. The first kappa shape index (κ1) is 13.2. The fraction of sp³-hybridized carbons (Fsp3) is 0.0714. The van der Waals surface area contributed by atoms with Gasteiger partial charge in [0.25, 0.3) is 0 Å². The van der Waals surface area contributed by atoms with Gasteiger partial charge in [0.2, 0.25) is 0 Å². The van der Waals surface area contributed by atoms with Gasteiger partial charge in [0.1, 0.15) is 23.2 Å². The van der Waals surface area contributed by atoms with Crippen LogP contribution < -0.4 is 5.32 Å². The number of anilines is 1. The SMILES string of the molecule is N#Cc1c(F)cccc1NCc1cc(Cl)ccc1O. The van der Waals surface area contributed by atoms with E-state index in [1.807, 2.05) is 0 Å². The average molecular weight is 277 g/mol. The van der Waals surface area contributed by atoms with Gasteiger partial charge in [0.15, 0.2) is 0 Å². The maximum absolute atomic E-state index is 13.4. The van der Waals surface area contributed by atoms with Crippen LogP contribution in [0.5, 0.6) is 5.75 Å². The van der Waals surface area contributed by atoms with Crippen molar-refractivity contribution < 1.29 is 9.50 Å². The van der Waals surface area contributed by atoms with Gasteiger partial charge in [0, 0.05) is 17.1 Å². The first-order chi connectivity index (χ1) is 9.11. The predicted molar refractivity (Wildman–Crippen MR) is 71.6 cm³/mol. The van der Waals surface area contributed by atoms with Gasteiger partial charge >= 0.3 is 0 Å². The van der Waals surface area contributed by atoms with Crippen LogP contribution in [0.4, 0.5) is 10.1 Å². The van der Waals surface area contributed by atoms with E-state index in [1.165, 1.54) is 18.2 Å². The molecule has 0 unspecified atom stereocenters. The fourth-order valence-corrected chi connectivity index (χ4v) is 1.87. The number of hydrogen-bond acceptors (Lipinski definition) is 3. The number of nitrogens with one attached hydrogen (secondary N) is 1. The number of nitrogens with zero attached hydrogens (tertiary/aromatic N) is 1. The normalized spacial score (nSPS) is 9.95. The smallest absolute Gasteiger partial charge is 0.143 e. The Kier molecular flexibility index (Phi) is 3.88. The van der Waals surface area contributed by atoms with Crippen molar-refractivity contribution in [3.63, 3.8) is 0 Å². The lowest BCUT2D eigenvalue weighted by Gasteiger charge is -2.10. The molecule has 0 bridgehead atoms. The molecule has 0 amide bonds. The van der Waals surface area contributed by atoms with E-state index < -0.39 is 5.82 Å². The van der Waals surface area contributed by atoms with Gasteiger partial charge in [-0.15, -0.1) is 0 Å². The molecular weight excluding hydrogens is 267 g/mol. The van der Waals surface area contributed by atoms with Crippen LogP contribution in [0.1, 0.15) is 11.1 Å². The zero-order valence-corrected chi connectivity index (χ0v) is 10.6. The van der Waals surface area contributed by atoms with E-state index in [1.54, 1.807) is 24.3 Å². The zero-order chi connectivity index (χ0) is 13.8. The van der Waals surface area contributed by atoms with E-state index in [9.17, 15) is 9.50 Å². The lowest BCUT2D eigenvalue weighted by molar-refractivity contribution is 0.469. The molecule has 19 heavy (non-hydrogen) atoms. The Labute approximate surface area is 114 Å². The minimum atomic E-state index is -0.581. The lowest BCUT2D eigenvalue weighted by atomic mass is 10.1. The van der Waals surface area contributed by atoms with E-state index in [0.717, 1.165) is 0 Å². The maximum atomic E-state index is 13.4. The topological polar surface area (TPSA) is 56.0 Å². The average Bonchev–Trinajstić information content (AvgIpc) is 2.40. The summed E-state index contributed by atoms with van der Waals surface area (Å²) >= 11 is 5.83. The van der Waals surface area contributed by atoms with Crippen molar-refractivity contribution in [2.24, 2.45) is 0 Å². The first-order valence-electron chi connectivity index (χ1n) is 5.51. The zero-order valence-electron chi connectivity index (χ0n) is 9.82. The third kappa shape index (κ3) is 2.95. The van der Waals surface area contributed by atoms with Crippen molar-refractivity contribution in [2.75, 3.05) is 5.32 Å². The van der Waals surface area contributed by atoms with Crippen molar-refractivity contribution >= 4 is 17.3 Å². The molecule has 0 saturated heterocycles. The number of benzene rings is 2. The second-order valence-electron chi connectivity index (χ2n) is 3.90. The van der Waals surface area contributed by atoms with Crippen LogP contribution in [0.15, 0.2) is 36.4 Å². The molecule has 3 nitrogen and oxygen atoms in total. The summed E-state index contributed by atoms with van der Waals surface area (Å²) in [7, 11) is 0. The Morgan fingerprint density at radius 3 is 2.84 bits per heavy atom. The molecule has 0 spiro atoms. The van der Waals surface area contributed by atoms with Crippen LogP contribution in [-0.2, 0) is 6.54 Å². The van der Waals surface area contributed by atoms with Gasteiger partial charge in [-0.25, -0.2) is 4.39 Å². The molecule has 2 aromatic carbocycles. The summed E-state index contributed by atoms with van der Waals surface area (Å²) in [5, 5.41) is 22.0. The van der Waals surface area contributed by atoms with Crippen molar-refractivity contribution in [3.05, 3.63) is 58.4 Å². The molecule has 2 rings (SSSR count).